The summed E-state index contributed by atoms with van der Waals surface area (Å²) in [6.45, 7) is -0.445. The lowest BCUT2D eigenvalue weighted by atomic mass is 10.0. The molecular formula is C27H19N3O3S. The first-order valence-corrected chi connectivity index (χ1v) is 11.6. The number of nitrogens with zero attached hydrogens (tertiary/aromatic N) is 2. The zero-order chi connectivity index (χ0) is 23.5. The van der Waals surface area contributed by atoms with Crippen LogP contribution in [0, 0.1) is 11.3 Å². The van der Waals surface area contributed by atoms with Crippen molar-refractivity contribution in [3.8, 4) is 6.07 Å². The Bertz CT molecular complexity index is 1480. The number of fused-ring (bicyclic) bond motifs is 2. The lowest BCUT2D eigenvalue weighted by molar-refractivity contribution is -0.119. The number of pyridine rings is 1. The number of allylic oxidation sites excluding steroid dienone is 1. The van der Waals surface area contributed by atoms with E-state index >= 15 is 0 Å². The molecule has 0 radical (unpaired) electrons. The first-order chi connectivity index (χ1) is 16.6. The van der Waals surface area contributed by atoms with Gasteiger partial charge in [-0.15, -0.1) is 11.3 Å². The molecule has 1 aliphatic rings. The molecule has 1 N–H and O–H groups in total. The van der Waals surface area contributed by atoms with Gasteiger partial charge in [-0.25, -0.2) is 9.78 Å². The Morgan fingerprint density at radius 3 is 2.71 bits per heavy atom. The fourth-order valence-electron chi connectivity index (χ4n) is 4.12. The van der Waals surface area contributed by atoms with Gasteiger partial charge in [0.15, 0.2) is 6.61 Å². The lowest BCUT2D eigenvalue weighted by Crippen LogP contribution is -2.21. The van der Waals surface area contributed by atoms with Gasteiger partial charge in [-0.05, 0) is 53.1 Å². The van der Waals surface area contributed by atoms with Crippen molar-refractivity contribution in [1.29, 1.82) is 5.26 Å². The molecule has 0 saturated carbocycles. The molecule has 0 bridgehead atoms. The second kappa shape index (κ2) is 9.30. The second-order valence-electron chi connectivity index (χ2n) is 7.81. The lowest BCUT2D eigenvalue weighted by Gasteiger charge is -2.12. The first kappa shape index (κ1) is 21.6. The van der Waals surface area contributed by atoms with Crippen LogP contribution in [0.1, 0.15) is 39.2 Å². The van der Waals surface area contributed by atoms with Crippen LogP contribution in [0.5, 0.6) is 0 Å². The van der Waals surface area contributed by atoms with E-state index in [0.717, 1.165) is 28.8 Å². The van der Waals surface area contributed by atoms with Crippen LogP contribution in [0.3, 0.4) is 0 Å². The number of benzene rings is 2. The minimum atomic E-state index is -0.558. The Kier molecular flexibility index (Phi) is 5.90. The topological polar surface area (TPSA) is 92.1 Å². The smallest absolute Gasteiger partial charge is 0.339 e. The molecule has 2 aromatic carbocycles. The number of nitrogens with one attached hydrogen (secondary N) is 1. The van der Waals surface area contributed by atoms with Crippen molar-refractivity contribution >= 4 is 50.8 Å². The Morgan fingerprint density at radius 1 is 1.09 bits per heavy atom. The summed E-state index contributed by atoms with van der Waals surface area (Å²) in [5.41, 5.74) is 5.33. The number of hydrogen-bond acceptors (Lipinski definition) is 6. The molecule has 0 unspecified atom stereocenters. The van der Waals surface area contributed by atoms with Crippen LogP contribution < -0.4 is 5.32 Å². The van der Waals surface area contributed by atoms with E-state index in [2.05, 4.69) is 11.4 Å². The molecule has 4 aromatic rings. The Labute approximate surface area is 200 Å². The van der Waals surface area contributed by atoms with Crippen LogP contribution in [0.2, 0.25) is 0 Å². The number of anilines is 1. The van der Waals surface area contributed by atoms with Gasteiger partial charge in [0.25, 0.3) is 5.91 Å². The molecule has 5 rings (SSSR count). The summed E-state index contributed by atoms with van der Waals surface area (Å²) in [5.74, 6) is -1.05. The Morgan fingerprint density at radius 2 is 1.88 bits per heavy atom. The van der Waals surface area contributed by atoms with Gasteiger partial charge >= 0.3 is 5.97 Å². The molecule has 2 aromatic heterocycles. The van der Waals surface area contributed by atoms with Gasteiger partial charge in [-0.2, -0.15) is 5.26 Å². The predicted octanol–water partition coefficient (Wildman–Crippen LogP) is 5.45. The molecule has 6 nitrogen and oxygen atoms in total. The highest BCUT2D eigenvalue weighted by Crippen LogP contribution is 2.37. The van der Waals surface area contributed by atoms with Crippen molar-refractivity contribution in [1.82, 2.24) is 4.98 Å². The van der Waals surface area contributed by atoms with Gasteiger partial charge in [0.2, 0.25) is 0 Å². The highest BCUT2D eigenvalue weighted by molar-refractivity contribution is 7.14. The molecule has 166 valence electrons. The third-order valence-corrected chi connectivity index (χ3v) is 6.49. The predicted molar refractivity (Wildman–Crippen MR) is 132 cm³/mol. The highest BCUT2D eigenvalue weighted by Gasteiger charge is 2.28. The zero-order valence-corrected chi connectivity index (χ0v) is 18.9. The summed E-state index contributed by atoms with van der Waals surface area (Å²) in [6, 6.07) is 21.1. The number of ether oxygens (including phenoxy) is 1. The third kappa shape index (κ3) is 4.19. The molecule has 0 aliphatic heterocycles. The first-order valence-electron chi connectivity index (χ1n) is 10.8. The average Bonchev–Trinajstić information content (AvgIpc) is 3.48. The van der Waals surface area contributed by atoms with Gasteiger partial charge in [0.05, 0.1) is 22.3 Å². The molecule has 0 atom stereocenters. The summed E-state index contributed by atoms with van der Waals surface area (Å²) in [7, 11) is 0. The Hall–Kier alpha value is -4.28. The van der Waals surface area contributed by atoms with Crippen LogP contribution in [0.15, 0.2) is 66.0 Å². The maximum Gasteiger partial charge on any atom is 0.339 e. The molecule has 34 heavy (non-hydrogen) atoms. The number of amides is 1. The maximum atomic E-state index is 13.2. The van der Waals surface area contributed by atoms with E-state index in [9.17, 15) is 9.59 Å². The normalized spacial score (nSPS) is 13.4. The number of nitriles is 1. The number of aromatic nitrogens is 1. The molecule has 0 saturated heterocycles. The summed E-state index contributed by atoms with van der Waals surface area (Å²) in [6.07, 6.45) is 3.54. The van der Waals surface area contributed by atoms with Crippen LogP contribution >= 0.6 is 11.3 Å². The van der Waals surface area contributed by atoms with Crippen LogP contribution in [-0.4, -0.2) is 23.5 Å². The van der Waals surface area contributed by atoms with Gasteiger partial charge in [0.1, 0.15) is 11.1 Å². The SMILES string of the molecule is N#Cc1ccsc1NC(=O)COC(=O)c1c2c(nc3ccccc13)/C(=C/c1ccccc1)CC2. The maximum absolute atomic E-state index is 13.2. The number of esters is 1. The zero-order valence-electron chi connectivity index (χ0n) is 18.1. The van der Waals surface area contributed by atoms with Crippen molar-refractivity contribution in [2.24, 2.45) is 0 Å². The van der Waals surface area contributed by atoms with Crippen LogP contribution in [0.4, 0.5) is 5.00 Å². The molecule has 0 fully saturated rings. The molecular weight excluding hydrogens is 446 g/mol. The fourth-order valence-corrected chi connectivity index (χ4v) is 4.88. The van der Waals surface area contributed by atoms with Crippen molar-refractivity contribution in [2.45, 2.75) is 12.8 Å². The van der Waals surface area contributed by atoms with Crippen molar-refractivity contribution < 1.29 is 14.3 Å². The van der Waals surface area contributed by atoms with E-state index < -0.39 is 18.5 Å². The van der Waals surface area contributed by atoms with Gasteiger partial charge in [-0.3, -0.25) is 4.79 Å². The third-order valence-electron chi connectivity index (χ3n) is 5.66. The van der Waals surface area contributed by atoms with Crippen LogP contribution in [0.25, 0.3) is 22.6 Å². The molecule has 0 spiro atoms. The van der Waals surface area contributed by atoms with E-state index in [-0.39, 0.29) is 0 Å². The summed E-state index contributed by atoms with van der Waals surface area (Å²) < 4.78 is 5.42. The fraction of sp³-hybridized carbons (Fsp3) is 0.111. The largest absolute Gasteiger partial charge is 0.452 e. The quantitative estimate of drug-likeness (QED) is 0.396. The van der Waals surface area contributed by atoms with Crippen molar-refractivity contribution in [3.63, 3.8) is 0 Å². The van der Waals surface area contributed by atoms with E-state index in [4.69, 9.17) is 15.0 Å². The highest BCUT2D eigenvalue weighted by atomic mass is 32.1. The molecule has 1 amide bonds. The van der Waals surface area contributed by atoms with E-state index in [1.54, 1.807) is 11.4 Å². The summed E-state index contributed by atoms with van der Waals surface area (Å²) in [4.78, 5) is 30.4. The molecule has 2 heterocycles. The standard InChI is InChI=1S/C27H19N3O3S/c28-15-19-12-13-34-26(19)30-23(31)16-33-27(32)24-20-8-4-5-9-22(20)29-25-18(10-11-21(24)25)14-17-6-2-1-3-7-17/h1-9,12-14H,10-11,16H2,(H,30,31)/b18-14+. The van der Waals surface area contributed by atoms with E-state index in [1.807, 2.05) is 60.7 Å². The van der Waals surface area contributed by atoms with E-state index in [0.29, 0.717) is 33.5 Å². The number of thiophene rings is 1. The number of para-hydroxylation sites is 1. The number of carbonyl (C=O) groups excluding carboxylic acids is 2. The van der Waals surface area contributed by atoms with Gasteiger partial charge in [0, 0.05) is 5.39 Å². The summed E-state index contributed by atoms with van der Waals surface area (Å²) in [5, 5.41) is 14.6. The van der Waals surface area contributed by atoms with Crippen molar-refractivity contribution in [3.05, 3.63) is 94.0 Å². The second-order valence-corrected chi connectivity index (χ2v) is 8.73. The number of rotatable bonds is 5. The minimum Gasteiger partial charge on any atom is -0.452 e. The summed E-state index contributed by atoms with van der Waals surface area (Å²) >= 11 is 1.24. The average molecular weight is 466 g/mol. The van der Waals surface area contributed by atoms with Gasteiger partial charge in [-0.1, -0.05) is 48.5 Å². The van der Waals surface area contributed by atoms with Gasteiger partial charge < -0.3 is 10.1 Å². The van der Waals surface area contributed by atoms with E-state index in [1.165, 1.54) is 11.3 Å². The molecule has 1 aliphatic carbocycles. The van der Waals surface area contributed by atoms with Crippen LogP contribution in [-0.2, 0) is 16.0 Å². The monoisotopic (exact) mass is 465 g/mol. The number of carbonyl (C=O) groups is 2. The Balaban J connectivity index is 1.44. The minimum absolute atomic E-state index is 0.375. The number of hydrogen-bond donors (Lipinski definition) is 1. The molecule has 7 heteroatoms. The van der Waals surface area contributed by atoms with Crippen molar-refractivity contribution in [2.75, 3.05) is 11.9 Å².